The molecule has 0 heterocycles. The normalized spacial score (nSPS) is 16.1. The summed E-state index contributed by atoms with van der Waals surface area (Å²) in [6.07, 6.45) is -1.14. The Morgan fingerprint density at radius 2 is 1.50 bits per heavy atom. The van der Waals surface area contributed by atoms with Gasteiger partial charge in [-0.2, -0.15) is 0 Å². The number of aliphatic hydroxyl groups excluding tert-OH is 1. The molecule has 0 aliphatic rings. The lowest BCUT2D eigenvalue weighted by atomic mass is 9.86. The van der Waals surface area contributed by atoms with E-state index in [4.69, 9.17) is 5.73 Å². The van der Waals surface area contributed by atoms with Crippen LogP contribution in [0.5, 0.6) is 0 Å². The predicted molar refractivity (Wildman–Crippen MR) is 91.5 cm³/mol. The number of aliphatic hydroxyl groups is 2. The van der Waals surface area contributed by atoms with Crippen molar-refractivity contribution < 1.29 is 20.1 Å². The Morgan fingerprint density at radius 1 is 1.00 bits per heavy atom. The van der Waals surface area contributed by atoms with Crippen molar-refractivity contribution in [2.24, 2.45) is 5.73 Å². The molecule has 2 aromatic rings. The molecule has 0 fully saturated rings. The number of nitrogens with two attached hydrogens (primary N) is 1. The quantitative estimate of drug-likeness (QED) is 0.585. The molecule has 5 heteroatoms. The Morgan fingerprint density at radius 3 is 2.00 bits per heavy atom. The lowest BCUT2D eigenvalue weighted by Gasteiger charge is -2.29. The molecule has 2 rings (SSSR count). The zero-order valence-electron chi connectivity index (χ0n) is 13.4. The van der Waals surface area contributed by atoms with Gasteiger partial charge in [0.1, 0.15) is 0 Å². The van der Waals surface area contributed by atoms with Gasteiger partial charge in [-0.15, -0.1) is 0 Å². The van der Waals surface area contributed by atoms with Gasteiger partial charge in [0.25, 0.3) is 0 Å². The first-order valence-corrected chi connectivity index (χ1v) is 7.88. The lowest BCUT2D eigenvalue weighted by molar-refractivity contribution is -0.162. The van der Waals surface area contributed by atoms with Gasteiger partial charge >= 0.3 is 5.97 Å². The van der Waals surface area contributed by atoms with Crippen molar-refractivity contribution >= 4 is 5.97 Å². The Balaban J connectivity index is 2.04. The lowest BCUT2D eigenvalue weighted by Crippen LogP contribution is -2.48. The molecule has 0 aliphatic heterocycles. The van der Waals surface area contributed by atoms with E-state index in [-0.39, 0.29) is 12.8 Å². The standard InChI is InChI=1S/C19H23NO4/c20-16(11-14-7-3-1-4-8-14)17(21)13-19(24,18(22)23)12-15-9-5-2-6-10-15/h1-10,16-17,21,24H,11-13,20H2,(H,22,23)/t16-,17?,19?/m0/s1. The maximum absolute atomic E-state index is 11.5. The average Bonchev–Trinajstić information content (AvgIpc) is 2.56. The summed E-state index contributed by atoms with van der Waals surface area (Å²) < 4.78 is 0. The van der Waals surface area contributed by atoms with Crippen molar-refractivity contribution in [1.29, 1.82) is 0 Å². The third kappa shape index (κ3) is 4.89. The van der Waals surface area contributed by atoms with E-state index in [0.717, 1.165) is 5.56 Å². The molecule has 5 nitrogen and oxygen atoms in total. The monoisotopic (exact) mass is 329 g/mol. The summed E-state index contributed by atoms with van der Waals surface area (Å²) in [6.45, 7) is 0. The second-order valence-corrected chi connectivity index (χ2v) is 6.12. The smallest absolute Gasteiger partial charge is 0.336 e. The van der Waals surface area contributed by atoms with Gasteiger partial charge in [-0.05, 0) is 17.5 Å². The molecular formula is C19H23NO4. The van der Waals surface area contributed by atoms with E-state index >= 15 is 0 Å². The third-order valence-electron chi connectivity index (χ3n) is 4.09. The number of aliphatic carboxylic acids is 1. The molecule has 2 unspecified atom stereocenters. The van der Waals surface area contributed by atoms with Crippen LogP contribution >= 0.6 is 0 Å². The van der Waals surface area contributed by atoms with Gasteiger partial charge in [0, 0.05) is 18.9 Å². The Bertz CT molecular complexity index is 647. The molecule has 0 aliphatic carbocycles. The molecule has 5 N–H and O–H groups in total. The number of carboxylic acids is 1. The van der Waals surface area contributed by atoms with Crippen LogP contribution in [0.3, 0.4) is 0 Å². The van der Waals surface area contributed by atoms with Crippen LogP contribution in [0.2, 0.25) is 0 Å². The van der Waals surface area contributed by atoms with E-state index in [1.807, 2.05) is 36.4 Å². The average molecular weight is 329 g/mol. The number of benzene rings is 2. The summed E-state index contributed by atoms with van der Waals surface area (Å²) in [5.41, 5.74) is 5.57. The van der Waals surface area contributed by atoms with Crippen molar-refractivity contribution in [3.8, 4) is 0 Å². The summed E-state index contributed by atoms with van der Waals surface area (Å²) >= 11 is 0. The van der Waals surface area contributed by atoms with E-state index < -0.39 is 23.7 Å². The number of carbonyl (C=O) groups is 1. The van der Waals surface area contributed by atoms with Crippen LogP contribution in [0, 0.1) is 0 Å². The number of rotatable bonds is 8. The number of carboxylic acid groups (broad SMARTS) is 1. The minimum atomic E-state index is -2.06. The second kappa shape index (κ2) is 8.06. The first-order valence-electron chi connectivity index (χ1n) is 7.88. The molecule has 0 spiro atoms. The van der Waals surface area contributed by atoms with Crippen LogP contribution in [0.4, 0.5) is 0 Å². The molecule has 128 valence electrons. The highest BCUT2D eigenvalue weighted by Gasteiger charge is 2.39. The fourth-order valence-electron chi connectivity index (χ4n) is 2.69. The fourth-order valence-corrected chi connectivity index (χ4v) is 2.69. The van der Waals surface area contributed by atoms with Crippen molar-refractivity contribution in [2.45, 2.75) is 37.0 Å². The highest BCUT2D eigenvalue weighted by Crippen LogP contribution is 2.22. The van der Waals surface area contributed by atoms with Crippen molar-refractivity contribution in [1.82, 2.24) is 0 Å². The van der Waals surface area contributed by atoms with Gasteiger partial charge in [0.2, 0.25) is 0 Å². The highest BCUT2D eigenvalue weighted by atomic mass is 16.4. The Kier molecular flexibility index (Phi) is 6.09. The molecule has 0 amide bonds. The minimum Gasteiger partial charge on any atom is -0.479 e. The van der Waals surface area contributed by atoms with Crippen LogP contribution in [0.1, 0.15) is 17.5 Å². The van der Waals surface area contributed by atoms with Crippen molar-refractivity contribution in [2.75, 3.05) is 0 Å². The predicted octanol–water partition coefficient (Wildman–Crippen LogP) is 1.37. The van der Waals surface area contributed by atoms with Gasteiger partial charge in [-0.25, -0.2) is 4.79 Å². The number of hydrogen-bond acceptors (Lipinski definition) is 4. The largest absolute Gasteiger partial charge is 0.479 e. The zero-order chi connectivity index (χ0) is 17.6. The molecule has 0 saturated heterocycles. The summed E-state index contributed by atoms with van der Waals surface area (Å²) in [5.74, 6) is -1.36. The fraction of sp³-hybridized carbons (Fsp3) is 0.316. The van der Waals surface area contributed by atoms with Crippen LogP contribution in [0.25, 0.3) is 0 Å². The van der Waals surface area contributed by atoms with Crippen LogP contribution in [0.15, 0.2) is 60.7 Å². The van der Waals surface area contributed by atoms with Gasteiger partial charge < -0.3 is 21.1 Å². The van der Waals surface area contributed by atoms with Gasteiger partial charge in [-0.3, -0.25) is 0 Å². The van der Waals surface area contributed by atoms with Gasteiger partial charge in [0.05, 0.1) is 6.10 Å². The molecule has 24 heavy (non-hydrogen) atoms. The first kappa shape index (κ1) is 18.1. The van der Waals surface area contributed by atoms with E-state index in [0.29, 0.717) is 12.0 Å². The highest BCUT2D eigenvalue weighted by molar-refractivity contribution is 5.77. The van der Waals surface area contributed by atoms with Crippen molar-refractivity contribution in [3.05, 3.63) is 71.8 Å². The molecule has 0 aromatic heterocycles. The van der Waals surface area contributed by atoms with Gasteiger partial charge in [-0.1, -0.05) is 60.7 Å². The molecule has 3 atom stereocenters. The summed E-state index contributed by atoms with van der Waals surface area (Å²) in [7, 11) is 0. The molecule has 2 aromatic carbocycles. The van der Waals surface area contributed by atoms with Gasteiger partial charge in [0.15, 0.2) is 5.60 Å². The van der Waals surface area contributed by atoms with E-state index in [1.54, 1.807) is 24.3 Å². The third-order valence-corrected chi connectivity index (χ3v) is 4.09. The van der Waals surface area contributed by atoms with Crippen LogP contribution < -0.4 is 5.73 Å². The molecule has 0 saturated carbocycles. The summed E-state index contributed by atoms with van der Waals surface area (Å²) in [6, 6.07) is 17.6. The molecule has 0 radical (unpaired) electrons. The number of hydrogen-bond donors (Lipinski definition) is 4. The molecule has 0 bridgehead atoms. The van der Waals surface area contributed by atoms with Crippen LogP contribution in [-0.2, 0) is 17.6 Å². The topological polar surface area (TPSA) is 104 Å². The Labute approximate surface area is 141 Å². The Hall–Kier alpha value is -2.21. The summed E-state index contributed by atoms with van der Waals surface area (Å²) in [4.78, 5) is 11.5. The maximum Gasteiger partial charge on any atom is 0.336 e. The van der Waals surface area contributed by atoms with E-state index in [9.17, 15) is 20.1 Å². The first-order chi connectivity index (χ1) is 11.4. The summed E-state index contributed by atoms with van der Waals surface area (Å²) in [5, 5.41) is 30.2. The van der Waals surface area contributed by atoms with E-state index in [1.165, 1.54) is 0 Å². The maximum atomic E-state index is 11.5. The SMILES string of the molecule is N[C@@H](Cc1ccccc1)C(O)CC(O)(Cc1ccccc1)C(=O)O. The minimum absolute atomic E-state index is 0.0850. The van der Waals surface area contributed by atoms with Crippen molar-refractivity contribution in [3.63, 3.8) is 0 Å². The van der Waals surface area contributed by atoms with E-state index in [2.05, 4.69) is 0 Å². The van der Waals surface area contributed by atoms with Crippen LogP contribution in [-0.4, -0.2) is 39.0 Å². The zero-order valence-corrected chi connectivity index (χ0v) is 13.4. The molecular weight excluding hydrogens is 306 g/mol. The second-order valence-electron chi connectivity index (χ2n) is 6.12.